The molecule has 1 atom stereocenters. The number of benzene rings is 2. The van der Waals surface area contributed by atoms with E-state index in [0.717, 1.165) is 28.4 Å². The molecule has 0 spiro atoms. The van der Waals surface area contributed by atoms with Crippen LogP contribution in [0.5, 0.6) is 17.2 Å². The zero-order valence-electron chi connectivity index (χ0n) is 14.8. The van der Waals surface area contributed by atoms with E-state index in [1.807, 2.05) is 42.5 Å². The molecule has 5 heteroatoms. The molecule has 0 amide bonds. The standard InChI is InChI=1S/C20H24N2O3/c1-20(2,3)12-24-13-8-9-18-15(10-13)16(11-23-19(21)22)14-6-4-5-7-17(14)25-18/h4-10,16H,11-12H2,1-3H3,(H3,21,22). The normalized spacial score (nSPS) is 15.6. The zero-order valence-corrected chi connectivity index (χ0v) is 14.8. The van der Waals surface area contributed by atoms with Gasteiger partial charge in [0.05, 0.1) is 12.5 Å². The molecule has 1 unspecified atom stereocenters. The third-order valence-corrected chi connectivity index (χ3v) is 3.95. The van der Waals surface area contributed by atoms with Gasteiger partial charge in [-0.05, 0) is 29.7 Å². The summed E-state index contributed by atoms with van der Waals surface area (Å²) in [4.78, 5) is 0. The molecule has 0 radical (unpaired) electrons. The molecule has 0 saturated carbocycles. The van der Waals surface area contributed by atoms with Gasteiger partial charge in [0.25, 0.3) is 6.02 Å². The first-order valence-electron chi connectivity index (χ1n) is 8.34. The third-order valence-electron chi connectivity index (χ3n) is 3.95. The van der Waals surface area contributed by atoms with Crippen LogP contribution < -0.4 is 15.2 Å². The number of hydrogen-bond acceptors (Lipinski definition) is 4. The van der Waals surface area contributed by atoms with Crippen LogP contribution in [-0.4, -0.2) is 19.2 Å². The fourth-order valence-electron chi connectivity index (χ4n) is 2.78. The summed E-state index contributed by atoms with van der Waals surface area (Å²) in [7, 11) is 0. The van der Waals surface area contributed by atoms with E-state index in [4.69, 9.17) is 25.4 Å². The maximum atomic E-state index is 7.36. The summed E-state index contributed by atoms with van der Waals surface area (Å²) >= 11 is 0. The summed E-state index contributed by atoms with van der Waals surface area (Å²) in [6.07, 6.45) is 0. The molecule has 5 nitrogen and oxygen atoms in total. The minimum atomic E-state index is -0.286. The molecular formula is C20H24N2O3. The predicted octanol–water partition coefficient (Wildman–Crippen LogP) is 4.26. The Morgan fingerprint density at radius 3 is 2.56 bits per heavy atom. The first kappa shape index (κ1) is 17.1. The molecule has 2 aromatic carbocycles. The van der Waals surface area contributed by atoms with Gasteiger partial charge in [-0.3, -0.25) is 5.41 Å². The third kappa shape index (κ3) is 4.05. The highest BCUT2D eigenvalue weighted by Crippen LogP contribution is 2.45. The van der Waals surface area contributed by atoms with Crippen molar-refractivity contribution in [3.05, 3.63) is 53.6 Å². The second-order valence-corrected chi connectivity index (χ2v) is 7.42. The zero-order chi connectivity index (χ0) is 18.0. The van der Waals surface area contributed by atoms with Crippen molar-refractivity contribution in [2.75, 3.05) is 13.2 Å². The van der Waals surface area contributed by atoms with E-state index >= 15 is 0 Å². The highest BCUT2D eigenvalue weighted by Gasteiger charge is 2.28. The second-order valence-electron chi connectivity index (χ2n) is 7.42. The molecule has 2 aromatic rings. The van der Waals surface area contributed by atoms with Crippen molar-refractivity contribution in [2.45, 2.75) is 26.7 Å². The number of nitrogens with two attached hydrogens (primary N) is 1. The Morgan fingerprint density at radius 2 is 1.84 bits per heavy atom. The molecular weight excluding hydrogens is 316 g/mol. The van der Waals surface area contributed by atoms with Gasteiger partial charge in [-0.2, -0.15) is 0 Å². The molecule has 1 heterocycles. The highest BCUT2D eigenvalue weighted by atomic mass is 16.5. The van der Waals surface area contributed by atoms with E-state index in [9.17, 15) is 0 Å². The topological polar surface area (TPSA) is 77.6 Å². The van der Waals surface area contributed by atoms with Crippen molar-refractivity contribution in [2.24, 2.45) is 11.1 Å². The van der Waals surface area contributed by atoms with E-state index in [1.54, 1.807) is 0 Å². The van der Waals surface area contributed by atoms with Gasteiger partial charge in [-0.15, -0.1) is 0 Å². The van der Waals surface area contributed by atoms with Gasteiger partial charge >= 0.3 is 0 Å². The van der Waals surface area contributed by atoms with Gasteiger partial charge in [0.15, 0.2) is 0 Å². The van der Waals surface area contributed by atoms with E-state index in [2.05, 4.69) is 20.8 Å². The van der Waals surface area contributed by atoms with E-state index < -0.39 is 0 Å². The number of para-hydroxylation sites is 1. The van der Waals surface area contributed by atoms with Gasteiger partial charge in [-0.1, -0.05) is 39.0 Å². The first-order chi connectivity index (χ1) is 11.8. The van der Waals surface area contributed by atoms with Crippen molar-refractivity contribution in [1.82, 2.24) is 0 Å². The lowest BCUT2D eigenvalue weighted by molar-refractivity contribution is 0.197. The van der Waals surface area contributed by atoms with E-state index in [0.29, 0.717) is 6.61 Å². The maximum Gasteiger partial charge on any atom is 0.279 e. The number of nitrogens with one attached hydrogen (secondary N) is 1. The molecule has 0 bridgehead atoms. The van der Waals surface area contributed by atoms with Crippen LogP contribution in [-0.2, 0) is 4.74 Å². The van der Waals surface area contributed by atoms with Crippen molar-refractivity contribution < 1.29 is 14.2 Å². The smallest absolute Gasteiger partial charge is 0.279 e. The predicted molar refractivity (Wildman–Crippen MR) is 97.6 cm³/mol. The summed E-state index contributed by atoms with van der Waals surface area (Å²) < 4.78 is 17.3. The minimum absolute atomic E-state index is 0.0676. The summed E-state index contributed by atoms with van der Waals surface area (Å²) in [5.41, 5.74) is 7.46. The summed E-state index contributed by atoms with van der Waals surface area (Å²) in [6.45, 7) is 7.31. The van der Waals surface area contributed by atoms with Gasteiger partial charge in [-0.25, -0.2) is 0 Å². The van der Waals surface area contributed by atoms with Crippen LogP contribution in [0.3, 0.4) is 0 Å². The average Bonchev–Trinajstić information content (AvgIpc) is 2.56. The quantitative estimate of drug-likeness (QED) is 0.644. The lowest BCUT2D eigenvalue weighted by Gasteiger charge is -2.28. The highest BCUT2D eigenvalue weighted by molar-refractivity contribution is 5.67. The molecule has 1 aliphatic rings. The SMILES string of the molecule is CC(C)(C)COc1ccc2c(c1)C(COC(=N)N)c1ccccc1O2. The Labute approximate surface area is 148 Å². The van der Waals surface area contributed by atoms with Gasteiger partial charge < -0.3 is 19.9 Å². The number of rotatable bonds is 4. The molecule has 0 aliphatic carbocycles. The number of amidine groups is 1. The van der Waals surface area contributed by atoms with Crippen molar-refractivity contribution >= 4 is 6.02 Å². The van der Waals surface area contributed by atoms with E-state index in [-0.39, 0.29) is 24.0 Å². The Hall–Kier alpha value is -2.69. The largest absolute Gasteiger partial charge is 0.493 e. The first-order valence-corrected chi connectivity index (χ1v) is 8.34. The van der Waals surface area contributed by atoms with Crippen LogP contribution in [0.2, 0.25) is 0 Å². The second kappa shape index (κ2) is 6.67. The fraction of sp³-hybridized carbons (Fsp3) is 0.350. The Morgan fingerprint density at radius 1 is 1.12 bits per heavy atom. The lowest BCUT2D eigenvalue weighted by Crippen LogP contribution is -2.22. The molecule has 0 saturated heterocycles. The van der Waals surface area contributed by atoms with Crippen LogP contribution in [0.25, 0.3) is 0 Å². The lowest BCUT2D eigenvalue weighted by atomic mass is 9.88. The van der Waals surface area contributed by atoms with Gasteiger partial charge in [0, 0.05) is 11.1 Å². The molecule has 3 rings (SSSR count). The van der Waals surface area contributed by atoms with Gasteiger partial charge in [0.1, 0.15) is 23.9 Å². The average molecular weight is 340 g/mol. The molecule has 0 fully saturated rings. The summed E-state index contributed by atoms with van der Waals surface area (Å²) in [6, 6.07) is 13.4. The maximum absolute atomic E-state index is 7.36. The Bertz CT molecular complexity index is 781. The van der Waals surface area contributed by atoms with Crippen molar-refractivity contribution in [3.8, 4) is 17.2 Å². The molecule has 1 aliphatic heterocycles. The minimum Gasteiger partial charge on any atom is -0.493 e. The van der Waals surface area contributed by atoms with E-state index in [1.165, 1.54) is 0 Å². The number of fused-ring (bicyclic) bond motifs is 2. The van der Waals surface area contributed by atoms with Crippen LogP contribution in [0.1, 0.15) is 37.8 Å². The number of hydrogen-bond donors (Lipinski definition) is 2. The van der Waals surface area contributed by atoms with Gasteiger partial charge in [0.2, 0.25) is 0 Å². The molecule has 25 heavy (non-hydrogen) atoms. The number of ether oxygens (including phenoxy) is 3. The summed E-state index contributed by atoms with van der Waals surface area (Å²) in [5.74, 6) is 2.31. The molecule has 3 N–H and O–H groups in total. The monoisotopic (exact) mass is 340 g/mol. The molecule has 0 aromatic heterocycles. The van der Waals surface area contributed by atoms with Crippen LogP contribution in [0.15, 0.2) is 42.5 Å². The summed E-state index contributed by atoms with van der Waals surface area (Å²) in [5, 5.41) is 7.36. The van der Waals surface area contributed by atoms with Crippen molar-refractivity contribution in [1.29, 1.82) is 5.41 Å². The van der Waals surface area contributed by atoms with Crippen LogP contribution >= 0.6 is 0 Å². The molecule has 132 valence electrons. The fourth-order valence-corrected chi connectivity index (χ4v) is 2.78. The van der Waals surface area contributed by atoms with Crippen LogP contribution in [0, 0.1) is 10.8 Å². The Balaban J connectivity index is 1.93. The Kier molecular flexibility index (Phi) is 4.57. The van der Waals surface area contributed by atoms with Crippen LogP contribution in [0.4, 0.5) is 0 Å². The van der Waals surface area contributed by atoms with Crippen molar-refractivity contribution in [3.63, 3.8) is 0 Å².